The molecular formula is C10H9NO3. The molecule has 72 valence electrons. The highest BCUT2D eigenvalue weighted by Crippen LogP contribution is 2.15. The number of rotatable bonds is 1. The smallest absolute Gasteiger partial charge is 0.362 e. The summed E-state index contributed by atoms with van der Waals surface area (Å²) in [5.41, 5.74) is 0.0977. The van der Waals surface area contributed by atoms with Gasteiger partial charge in [0.05, 0.1) is 0 Å². The van der Waals surface area contributed by atoms with Crippen LogP contribution in [0.3, 0.4) is 0 Å². The Morgan fingerprint density at radius 2 is 2.07 bits per heavy atom. The number of fused-ring (bicyclic) bond motifs is 1. The summed E-state index contributed by atoms with van der Waals surface area (Å²) in [5, 5.41) is 10.7. The standard InChI is InChI=1S/C10H9NO3/c1-11(13)8-6-7-4-2-3-5-9(7)14-10(8)12/h2-6,13H,1H3. The van der Waals surface area contributed by atoms with E-state index in [2.05, 4.69) is 0 Å². The summed E-state index contributed by atoms with van der Waals surface area (Å²) in [6.07, 6.45) is 0. The Kier molecular flexibility index (Phi) is 1.98. The lowest BCUT2D eigenvalue weighted by atomic mass is 10.2. The molecule has 0 aliphatic rings. The minimum absolute atomic E-state index is 0.128. The first-order chi connectivity index (χ1) is 6.68. The normalized spacial score (nSPS) is 10.4. The number of hydroxylamine groups is 1. The Hall–Kier alpha value is -1.81. The van der Waals surface area contributed by atoms with E-state index in [-0.39, 0.29) is 5.69 Å². The van der Waals surface area contributed by atoms with E-state index in [1.807, 2.05) is 12.1 Å². The number of anilines is 1. The van der Waals surface area contributed by atoms with Crippen molar-refractivity contribution in [2.24, 2.45) is 0 Å². The fraction of sp³-hybridized carbons (Fsp3) is 0.100. The van der Waals surface area contributed by atoms with Gasteiger partial charge in [0.1, 0.15) is 11.3 Å². The van der Waals surface area contributed by atoms with Crippen LogP contribution in [0.25, 0.3) is 11.0 Å². The van der Waals surface area contributed by atoms with E-state index in [4.69, 9.17) is 9.62 Å². The number of hydrogen-bond donors (Lipinski definition) is 1. The second-order valence-electron chi connectivity index (χ2n) is 2.98. The summed E-state index contributed by atoms with van der Waals surface area (Å²) < 4.78 is 5.00. The maximum Gasteiger partial charge on any atom is 0.362 e. The SMILES string of the molecule is CN(O)c1cc2ccccc2oc1=O. The van der Waals surface area contributed by atoms with E-state index in [0.717, 1.165) is 10.4 Å². The van der Waals surface area contributed by atoms with Crippen LogP contribution in [0, 0.1) is 0 Å². The van der Waals surface area contributed by atoms with Crippen LogP contribution >= 0.6 is 0 Å². The Bertz CT molecular complexity index is 516. The zero-order valence-electron chi connectivity index (χ0n) is 7.60. The molecule has 14 heavy (non-hydrogen) atoms. The lowest BCUT2D eigenvalue weighted by Gasteiger charge is -2.08. The average Bonchev–Trinajstić information content (AvgIpc) is 2.16. The van der Waals surface area contributed by atoms with Crippen LogP contribution < -0.4 is 10.7 Å². The molecule has 0 unspecified atom stereocenters. The van der Waals surface area contributed by atoms with Gasteiger partial charge in [-0.2, -0.15) is 0 Å². The molecule has 1 aromatic heterocycles. The van der Waals surface area contributed by atoms with Gasteiger partial charge in [0.2, 0.25) is 0 Å². The van der Waals surface area contributed by atoms with Gasteiger partial charge in [-0.15, -0.1) is 0 Å². The molecule has 0 spiro atoms. The highest BCUT2D eigenvalue weighted by Gasteiger charge is 2.06. The summed E-state index contributed by atoms with van der Waals surface area (Å²) in [5.74, 6) is 0. The molecule has 1 heterocycles. The molecule has 1 N–H and O–H groups in total. The molecule has 2 aromatic rings. The maximum atomic E-state index is 11.3. The van der Waals surface area contributed by atoms with Gasteiger partial charge < -0.3 is 4.42 Å². The number of hydrogen-bond acceptors (Lipinski definition) is 4. The number of para-hydroxylation sites is 1. The molecule has 0 saturated carbocycles. The van der Waals surface area contributed by atoms with Gasteiger partial charge in [0.15, 0.2) is 0 Å². The molecular weight excluding hydrogens is 182 g/mol. The van der Waals surface area contributed by atoms with Crippen LogP contribution in [0.4, 0.5) is 5.69 Å². The van der Waals surface area contributed by atoms with Crippen molar-refractivity contribution >= 4 is 16.7 Å². The highest BCUT2D eigenvalue weighted by atomic mass is 16.5. The molecule has 0 saturated heterocycles. The Balaban J connectivity index is 2.78. The van der Waals surface area contributed by atoms with Gasteiger partial charge in [-0.1, -0.05) is 18.2 Å². The van der Waals surface area contributed by atoms with E-state index < -0.39 is 5.63 Å². The first-order valence-corrected chi connectivity index (χ1v) is 4.14. The third-order valence-electron chi connectivity index (χ3n) is 1.97. The molecule has 0 aliphatic heterocycles. The van der Waals surface area contributed by atoms with Crippen molar-refractivity contribution in [3.05, 3.63) is 40.8 Å². The van der Waals surface area contributed by atoms with Crippen molar-refractivity contribution in [1.29, 1.82) is 0 Å². The van der Waals surface area contributed by atoms with E-state index in [0.29, 0.717) is 5.58 Å². The summed E-state index contributed by atoms with van der Waals surface area (Å²) in [6.45, 7) is 0. The van der Waals surface area contributed by atoms with E-state index >= 15 is 0 Å². The first kappa shape index (κ1) is 8.77. The second-order valence-corrected chi connectivity index (χ2v) is 2.98. The monoisotopic (exact) mass is 191 g/mol. The van der Waals surface area contributed by atoms with E-state index in [1.54, 1.807) is 18.2 Å². The highest BCUT2D eigenvalue weighted by molar-refractivity contribution is 5.79. The molecule has 2 rings (SSSR count). The van der Waals surface area contributed by atoms with Crippen molar-refractivity contribution in [2.75, 3.05) is 12.1 Å². The van der Waals surface area contributed by atoms with Crippen molar-refractivity contribution in [3.63, 3.8) is 0 Å². The minimum atomic E-state index is -0.547. The van der Waals surface area contributed by atoms with Crippen LogP contribution in [-0.4, -0.2) is 12.3 Å². The van der Waals surface area contributed by atoms with Crippen LogP contribution in [0.1, 0.15) is 0 Å². The number of nitrogens with zero attached hydrogens (tertiary/aromatic N) is 1. The van der Waals surface area contributed by atoms with Crippen LogP contribution in [0.5, 0.6) is 0 Å². The molecule has 0 atom stereocenters. The van der Waals surface area contributed by atoms with Crippen molar-refractivity contribution < 1.29 is 9.62 Å². The van der Waals surface area contributed by atoms with Crippen LogP contribution in [0.2, 0.25) is 0 Å². The average molecular weight is 191 g/mol. The Morgan fingerprint density at radius 3 is 2.79 bits per heavy atom. The summed E-state index contributed by atoms with van der Waals surface area (Å²) in [6, 6.07) is 8.72. The lowest BCUT2D eigenvalue weighted by molar-refractivity contribution is 0.275. The largest absolute Gasteiger partial charge is 0.421 e. The fourth-order valence-electron chi connectivity index (χ4n) is 1.28. The predicted octanol–water partition coefficient (Wildman–Crippen LogP) is 1.62. The summed E-state index contributed by atoms with van der Waals surface area (Å²) in [7, 11) is 1.38. The molecule has 0 aliphatic carbocycles. The maximum absolute atomic E-state index is 11.3. The van der Waals surface area contributed by atoms with Crippen LogP contribution in [-0.2, 0) is 0 Å². The molecule has 0 bridgehead atoms. The second kappa shape index (κ2) is 3.16. The molecule has 1 aromatic carbocycles. The fourth-order valence-corrected chi connectivity index (χ4v) is 1.28. The molecule has 0 amide bonds. The molecule has 4 nitrogen and oxygen atoms in total. The van der Waals surface area contributed by atoms with Gasteiger partial charge in [-0.3, -0.25) is 10.3 Å². The van der Waals surface area contributed by atoms with Gasteiger partial charge in [0.25, 0.3) is 0 Å². The van der Waals surface area contributed by atoms with Gasteiger partial charge in [0, 0.05) is 12.4 Å². The molecule has 0 fully saturated rings. The minimum Gasteiger partial charge on any atom is -0.421 e. The van der Waals surface area contributed by atoms with Gasteiger partial charge in [-0.25, -0.2) is 4.79 Å². The van der Waals surface area contributed by atoms with E-state index in [9.17, 15) is 4.79 Å². The van der Waals surface area contributed by atoms with Crippen molar-refractivity contribution in [1.82, 2.24) is 0 Å². The van der Waals surface area contributed by atoms with Gasteiger partial charge in [-0.05, 0) is 12.1 Å². The topological polar surface area (TPSA) is 53.7 Å². The summed E-state index contributed by atoms with van der Waals surface area (Å²) >= 11 is 0. The number of benzene rings is 1. The predicted molar refractivity (Wildman–Crippen MR) is 52.7 cm³/mol. The van der Waals surface area contributed by atoms with Gasteiger partial charge >= 0.3 is 5.63 Å². The Morgan fingerprint density at radius 1 is 1.36 bits per heavy atom. The van der Waals surface area contributed by atoms with Crippen molar-refractivity contribution in [2.45, 2.75) is 0 Å². The lowest BCUT2D eigenvalue weighted by Crippen LogP contribution is -2.18. The first-order valence-electron chi connectivity index (χ1n) is 4.14. The molecule has 4 heteroatoms. The van der Waals surface area contributed by atoms with Crippen molar-refractivity contribution in [3.8, 4) is 0 Å². The summed E-state index contributed by atoms with van der Waals surface area (Å²) in [4.78, 5) is 11.3. The Labute approximate surface area is 80.0 Å². The van der Waals surface area contributed by atoms with Crippen LogP contribution in [0.15, 0.2) is 39.5 Å². The third kappa shape index (κ3) is 1.36. The molecule has 0 radical (unpaired) electrons. The van der Waals surface area contributed by atoms with E-state index in [1.165, 1.54) is 7.05 Å². The zero-order valence-corrected chi connectivity index (χ0v) is 7.60. The quantitative estimate of drug-likeness (QED) is 0.549. The third-order valence-corrected chi connectivity index (χ3v) is 1.97. The zero-order chi connectivity index (χ0) is 10.1.